The van der Waals surface area contributed by atoms with Gasteiger partial charge in [-0.3, -0.25) is 4.79 Å². The van der Waals surface area contributed by atoms with E-state index in [-0.39, 0.29) is 5.91 Å². The van der Waals surface area contributed by atoms with Crippen molar-refractivity contribution in [2.45, 2.75) is 25.7 Å². The van der Waals surface area contributed by atoms with Gasteiger partial charge in [-0.15, -0.1) is 0 Å². The summed E-state index contributed by atoms with van der Waals surface area (Å²) in [4.78, 5) is 11.9. The van der Waals surface area contributed by atoms with Gasteiger partial charge in [-0.05, 0) is 76.7 Å². The van der Waals surface area contributed by atoms with Crippen LogP contribution in [-0.4, -0.2) is 19.1 Å². The Kier molecular flexibility index (Phi) is 4.18. The number of carbonyl (C=O) groups is 1. The number of fused-ring (bicyclic) bond motifs is 3. The molecule has 1 atom stereocenters. The molecule has 23 heavy (non-hydrogen) atoms. The van der Waals surface area contributed by atoms with Gasteiger partial charge in [-0.25, -0.2) is 0 Å². The third kappa shape index (κ3) is 3.47. The molecule has 2 aromatic carbocycles. The number of ether oxygens (including phenoxy) is 1. The van der Waals surface area contributed by atoms with Crippen LogP contribution in [0.15, 0.2) is 30.3 Å². The first-order chi connectivity index (χ1) is 11.2. The molecular formula is C19H20INO2. The molecule has 1 aliphatic carbocycles. The minimum atomic E-state index is 0.200. The molecule has 2 aliphatic rings. The zero-order valence-corrected chi connectivity index (χ0v) is 15.1. The fraction of sp³-hybridized carbons (Fsp3) is 0.421. The number of hydrogen-bond donors (Lipinski definition) is 1. The highest BCUT2D eigenvalue weighted by Gasteiger charge is 2.26. The summed E-state index contributed by atoms with van der Waals surface area (Å²) in [5.41, 5.74) is 1.29. The highest BCUT2D eigenvalue weighted by atomic mass is 127. The van der Waals surface area contributed by atoms with Crippen LogP contribution in [0.1, 0.15) is 24.8 Å². The summed E-state index contributed by atoms with van der Waals surface area (Å²) in [5.74, 6) is 2.20. The van der Waals surface area contributed by atoms with Gasteiger partial charge < -0.3 is 10.1 Å². The molecule has 0 bridgehead atoms. The van der Waals surface area contributed by atoms with Gasteiger partial charge in [-0.2, -0.15) is 0 Å². The van der Waals surface area contributed by atoms with Crippen molar-refractivity contribution >= 4 is 39.3 Å². The molecule has 2 aromatic rings. The second-order valence-electron chi connectivity index (χ2n) is 6.74. The lowest BCUT2D eigenvalue weighted by atomic mass is 9.92. The first kappa shape index (κ1) is 15.2. The van der Waals surface area contributed by atoms with Gasteiger partial charge >= 0.3 is 0 Å². The molecule has 0 spiro atoms. The maximum atomic E-state index is 11.9. The lowest BCUT2D eigenvalue weighted by Gasteiger charge is -2.26. The van der Waals surface area contributed by atoms with E-state index in [0.29, 0.717) is 31.4 Å². The summed E-state index contributed by atoms with van der Waals surface area (Å²) in [5, 5.41) is 5.63. The van der Waals surface area contributed by atoms with Gasteiger partial charge in [0.15, 0.2) is 0 Å². The van der Waals surface area contributed by atoms with Crippen molar-refractivity contribution in [3.8, 4) is 5.75 Å². The van der Waals surface area contributed by atoms with E-state index in [1.54, 1.807) is 0 Å². The van der Waals surface area contributed by atoms with Crippen molar-refractivity contribution in [1.82, 2.24) is 5.32 Å². The molecule has 0 radical (unpaired) electrons. The van der Waals surface area contributed by atoms with Crippen molar-refractivity contribution in [1.29, 1.82) is 0 Å². The molecule has 1 amide bonds. The van der Waals surface area contributed by atoms with Crippen LogP contribution in [0.25, 0.3) is 10.8 Å². The molecule has 1 aliphatic heterocycles. The van der Waals surface area contributed by atoms with Crippen LogP contribution in [0.2, 0.25) is 0 Å². The summed E-state index contributed by atoms with van der Waals surface area (Å²) >= 11 is 2.35. The Morgan fingerprint density at radius 1 is 1.22 bits per heavy atom. The summed E-state index contributed by atoms with van der Waals surface area (Å²) in [6.07, 6.45) is 4.11. The van der Waals surface area contributed by atoms with Crippen LogP contribution in [-0.2, 0) is 11.2 Å². The summed E-state index contributed by atoms with van der Waals surface area (Å²) in [6, 6.07) is 10.7. The van der Waals surface area contributed by atoms with Crippen molar-refractivity contribution in [3.63, 3.8) is 0 Å². The fourth-order valence-electron chi connectivity index (χ4n) is 3.28. The zero-order chi connectivity index (χ0) is 15.8. The Hall–Kier alpha value is -1.30. The lowest BCUT2D eigenvalue weighted by Crippen LogP contribution is -2.35. The van der Waals surface area contributed by atoms with E-state index in [9.17, 15) is 4.79 Å². The zero-order valence-electron chi connectivity index (χ0n) is 13.0. The largest absolute Gasteiger partial charge is 0.493 e. The van der Waals surface area contributed by atoms with Crippen LogP contribution >= 0.6 is 22.6 Å². The Morgan fingerprint density at radius 3 is 2.87 bits per heavy atom. The second-order valence-corrected chi connectivity index (χ2v) is 7.99. The summed E-state index contributed by atoms with van der Waals surface area (Å²) in [7, 11) is 0. The first-order valence-electron chi connectivity index (χ1n) is 8.29. The van der Waals surface area contributed by atoms with Gasteiger partial charge in [-0.1, -0.05) is 12.1 Å². The van der Waals surface area contributed by atoms with Crippen molar-refractivity contribution in [3.05, 3.63) is 39.5 Å². The molecule has 1 heterocycles. The predicted molar refractivity (Wildman–Crippen MR) is 99.7 cm³/mol. The SMILES string of the molecule is O=C(CC1CC1)NCC1COc2ccc3ccc(I)cc3c2C1. The van der Waals surface area contributed by atoms with Crippen LogP contribution in [0.3, 0.4) is 0 Å². The van der Waals surface area contributed by atoms with E-state index < -0.39 is 0 Å². The van der Waals surface area contributed by atoms with Crippen LogP contribution in [0.5, 0.6) is 5.75 Å². The van der Waals surface area contributed by atoms with E-state index in [1.807, 2.05) is 0 Å². The molecule has 1 fully saturated rings. The normalized spacial score (nSPS) is 20.0. The van der Waals surface area contributed by atoms with Crippen LogP contribution in [0, 0.1) is 15.4 Å². The molecule has 1 saturated carbocycles. The number of amides is 1. The Bertz CT molecular complexity index is 754. The predicted octanol–water partition coefficient (Wildman–Crippen LogP) is 3.91. The summed E-state index contributed by atoms with van der Waals surface area (Å²) in [6.45, 7) is 1.40. The van der Waals surface area contributed by atoms with E-state index >= 15 is 0 Å². The number of carbonyl (C=O) groups excluding carboxylic acids is 1. The van der Waals surface area contributed by atoms with E-state index in [4.69, 9.17) is 4.74 Å². The van der Waals surface area contributed by atoms with Gasteiger partial charge in [0.25, 0.3) is 0 Å². The number of hydrogen-bond acceptors (Lipinski definition) is 2. The van der Waals surface area contributed by atoms with Gasteiger partial charge in [0, 0.05) is 28.0 Å². The van der Waals surface area contributed by atoms with Crippen molar-refractivity contribution in [2.24, 2.45) is 11.8 Å². The number of nitrogens with one attached hydrogen (secondary N) is 1. The highest BCUT2D eigenvalue weighted by molar-refractivity contribution is 14.1. The first-order valence-corrected chi connectivity index (χ1v) is 9.37. The van der Waals surface area contributed by atoms with E-state index in [0.717, 1.165) is 12.2 Å². The van der Waals surface area contributed by atoms with Crippen molar-refractivity contribution < 1.29 is 9.53 Å². The topological polar surface area (TPSA) is 38.3 Å². The Balaban J connectivity index is 1.48. The Morgan fingerprint density at radius 2 is 2.04 bits per heavy atom. The van der Waals surface area contributed by atoms with Crippen molar-refractivity contribution in [2.75, 3.05) is 13.2 Å². The molecule has 0 saturated heterocycles. The van der Waals surface area contributed by atoms with Crippen LogP contribution in [0.4, 0.5) is 0 Å². The van der Waals surface area contributed by atoms with Gasteiger partial charge in [0.1, 0.15) is 5.75 Å². The molecule has 1 N–H and O–H groups in total. The average Bonchev–Trinajstić information content (AvgIpc) is 3.36. The smallest absolute Gasteiger partial charge is 0.220 e. The van der Waals surface area contributed by atoms with Gasteiger partial charge in [0.2, 0.25) is 5.91 Å². The number of halogens is 1. The minimum Gasteiger partial charge on any atom is -0.493 e. The Labute approximate surface area is 149 Å². The average molecular weight is 421 g/mol. The maximum absolute atomic E-state index is 11.9. The quantitative estimate of drug-likeness (QED) is 0.761. The molecule has 3 nitrogen and oxygen atoms in total. The molecule has 1 unspecified atom stereocenters. The molecule has 4 rings (SSSR count). The third-order valence-corrected chi connectivity index (χ3v) is 5.45. The lowest BCUT2D eigenvalue weighted by molar-refractivity contribution is -0.121. The number of rotatable bonds is 4. The van der Waals surface area contributed by atoms with Gasteiger partial charge in [0.05, 0.1) is 6.61 Å². The fourth-order valence-corrected chi connectivity index (χ4v) is 3.77. The molecule has 0 aromatic heterocycles. The third-order valence-electron chi connectivity index (χ3n) is 4.78. The summed E-state index contributed by atoms with van der Waals surface area (Å²) < 4.78 is 7.20. The van der Waals surface area contributed by atoms with Crippen LogP contribution < -0.4 is 10.1 Å². The monoisotopic (exact) mass is 421 g/mol. The molecular weight excluding hydrogens is 401 g/mol. The van der Waals surface area contributed by atoms with E-state index in [2.05, 4.69) is 58.2 Å². The highest BCUT2D eigenvalue weighted by Crippen LogP contribution is 2.35. The molecule has 4 heteroatoms. The van der Waals surface area contributed by atoms with E-state index in [1.165, 1.54) is 32.7 Å². The standard InChI is InChI=1S/C19H20INO2/c20-15-5-3-14-4-6-18-17(16(14)9-15)7-13(11-23-18)10-21-19(22)8-12-1-2-12/h3-6,9,12-13H,1-2,7-8,10-11H2,(H,21,22). The molecule has 120 valence electrons. The minimum absolute atomic E-state index is 0.200. The number of benzene rings is 2. The second kappa shape index (κ2) is 6.30. The maximum Gasteiger partial charge on any atom is 0.220 e.